The zero-order chi connectivity index (χ0) is 11.0. The van der Waals surface area contributed by atoms with Gasteiger partial charge in [-0.25, -0.2) is 4.68 Å². The Labute approximate surface area is 110 Å². The van der Waals surface area contributed by atoms with Gasteiger partial charge in [-0.05, 0) is 53.8 Å². The van der Waals surface area contributed by atoms with Crippen LogP contribution in [0.15, 0.2) is 28.7 Å². The molecule has 15 heavy (non-hydrogen) atoms. The Kier molecular flexibility index (Phi) is 3.01. The van der Waals surface area contributed by atoms with Crippen LogP contribution in [0.2, 0.25) is 0 Å². The molecule has 3 nitrogen and oxygen atoms in total. The number of aryl methyl sites for hydroxylation is 1. The fourth-order valence-electron chi connectivity index (χ4n) is 1.31. The summed E-state index contributed by atoms with van der Waals surface area (Å²) in [5.74, 6) is 0.690. The van der Waals surface area contributed by atoms with Crippen LogP contribution in [-0.4, -0.2) is 9.78 Å². The normalized spacial score (nSPS) is 10.6. The summed E-state index contributed by atoms with van der Waals surface area (Å²) in [6.07, 6.45) is 0. The third kappa shape index (κ3) is 2.03. The maximum atomic E-state index is 5.95. The van der Waals surface area contributed by atoms with E-state index in [0.29, 0.717) is 5.82 Å². The zero-order valence-electron chi connectivity index (χ0n) is 8.04. The molecular weight excluding hydrogens is 369 g/mol. The summed E-state index contributed by atoms with van der Waals surface area (Å²) in [4.78, 5) is 0. The molecule has 2 aromatic rings. The van der Waals surface area contributed by atoms with Gasteiger partial charge in [0, 0.05) is 4.47 Å². The van der Waals surface area contributed by atoms with Gasteiger partial charge in [-0.3, -0.25) is 0 Å². The van der Waals surface area contributed by atoms with E-state index in [1.165, 1.54) is 0 Å². The lowest BCUT2D eigenvalue weighted by atomic mass is 10.3. The first-order valence-electron chi connectivity index (χ1n) is 4.36. The van der Waals surface area contributed by atoms with Crippen molar-refractivity contribution in [1.82, 2.24) is 9.78 Å². The number of aromatic nitrogens is 2. The Hall–Kier alpha value is -0.560. The van der Waals surface area contributed by atoms with E-state index in [4.69, 9.17) is 5.73 Å². The molecule has 0 fully saturated rings. The first-order valence-corrected chi connectivity index (χ1v) is 6.23. The Bertz CT molecular complexity index is 490. The molecule has 2 N–H and O–H groups in total. The van der Waals surface area contributed by atoms with Crippen molar-refractivity contribution in [1.29, 1.82) is 0 Å². The molecule has 0 unspecified atom stereocenters. The van der Waals surface area contributed by atoms with Crippen molar-refractivity contribution in [3.05, 3.63) is 38.0 Å². The summed E-state index contributed by atoms with van der Waals surface area (Å²) < 4.78 is 3.81. The van der Waals surface area contributed by atoms with Crippen molar-refractivity contribution in [3.63, 3.8) is 0 Å². The van der Waals surface area contributed by atoms with Gasteiger partial charge in [-0.15, -0.1) is 0 Å². The smallest absolute Gasteiger partial charge is 0.140 e. The molecule has 0 spiro atoms. The number of anilines is 1. The number of hydrogen-bond acceptors (Lipinski definition) is 2. The minimum atomic E-state index is 0.690. The van der Waals surface area contributed by atoms with Crippen molar-refractivity contribution in [2.24, 2.45) is 0 Å². The van der Waals surface area contributed by atoms with Crippen LogP contribution in [0.4, 0.5) is 5.82 Å². The van der Waals surface area contributed by atoms with Crippen LogP contribution < -0.4 is 5.73 Å². The Morgan fingerprint density at radius 1 is 1.33 bits per heavy atom. The maximum absolute atomic E-state index is 5.95. The Morgan fingerprint density at radius 3 is 2.40 bits per heavy atom. The van der Waals surface area contributed by atoms with Gasteiger partial charge in [0.2, 0.25) is 0 Å². The molecule has 5 heteroatoms. The molecule has 0 aliphatic heterocycles. The minimum absolute atomic E-state index is 0.690. The van der Waals surface area contributed by atoms with Crippen LogP contribution in [0.5, 0.6) is 0 Å². The molecule has 1 heterocycles. The number of nitrogens with two attached hydrogens (primary N) is 1. The van der Waals surface area contributed by atoms with Crippen LogP contribution in [-0.2, 0) is 0 Å². The predicted octanol–water partition coefficient (Wildman–Crippen LogP) is 3.13. The van der Waals surface area contributed by atoms with Gasteiger partial charge in [0.1, 0.15) is 5.82 Å². The average Bonchev–Trinajstić information content (AvgIpc) is 2.47. The predicted molar refractivity (Wildman–Crippen MR) is 73.1 cm³/mol. The highest BCUT2D eigenvalue weighted by Gasteiger charge is 2.10. The molecule has 0 aliphatic carbocycles. The second-order valence-corrected chi connectivity index (χ2v) is 5.17. The van der Waals surface area contributed by atoms with Crippen molar-refractivity contribution < 1.29 is 0 Å². The van der Waals surface area contributed by atoms with Crippen molar-refractivity contribution in [3.8, 4) is 5.69 Å². The lowest BCUT2D eigenvalue weighted by molar-refractivity contribution is 0.872. The molecule has 0 atom stereocenters. The number of rotatable bonds is 1. The lowest BCUT2D eigenvalue weighted by Gasteiger charge is -2.03. The van der Waals surface area contributed by atoms with Gasteiger partial charge in [0.15, 0.2) is 0 Å². The van der Waals surface area contributed by atoms with E-state index in [-0.39, 0.29) is 0 Å². The Morgan fingerprint density at radius 2 is 1.93 bits per heavy atom. The molecular formula is C10H9BrIN3. The van der Waals surface area contributed by atoms with Gasteiger partial charge < -0.3 is 5.73 Å². The van der Waals surface area contributed by atoms with Gasteiger partial charge >= 0.3 is 0 Å². The maximum Gasteiger partial charge on any atom is 0.140 e. The van der Waals surface area contributed by atoms with Gasteiger partial charge in [-0.2, -0.15) is 5.10 Å². The van der Waals surface area contributed by atoms with E-state index in [0.717, 1.165) is 19.4 Å². The molecule has 0 amide bonds. The van der Waals surface area contributed by atoms with E-state index < -0.39 is 0 Å². The quantitative estimate of drug-likeness (QED) is 0.776. The van der Waals surface area contributed by atoms with Gasteiger partial charge in [0.25, 0.3) is 0 Å². The third-order valence-electron chi connectivity index (χ3n) is 2.09. The van der Waals surface area contributed by atoms with Crippen molar-refractivity contribution in [2.45, 2.75) is 6.92 Å². The van der Waals surface area contributed by atoms with Crippen LogP contribution in [0, 0.1) is 10.5 Å². The number of hydrogen-bond donors (Lipinski definition) is 1. The highest BCUT2D eigenvalue weighted by Crippen LogP contribution is 2.23. The summed E-state index contributed by atoms with van der Waals surface area (Å²) >= 11 is 5.60. The number of halogens is 2. The number of benzene rings is 1. The second kappa shape index (κ2) is 4.13. The standard InChI is InChI=1S/C10H9BrIN3/c1-6-9(12)10(13)15(14-6)8-4-2-7(11)3-5-8/h2-5H,13H2,1H3. The SMILES string of the molecule is Cc1nn(-c2ccc(Br)cc2)c(N)c1I. The molecule has 1 aromatic carbocycles. The van der Waals surface area contributed by atoms with Crippen LogP contribution in [0.25, 0.3) is 5.69 Å². The van der Waals surface area contributed by atoms with E-state index in [2.05, 4.69) is 43.6 Å². The van der Waals surface area contributed by atoms with Gasteiger partial charge in [-0.1, -0.05) is 15.9 Å². The molecule has 0 bridgehead atoms. The zero-order valence-corrected chi connectivity index (χ0v) is 11.8. The summed E-state index contributed by atoms with van der Waals surface area (Å²) in [7, 11) is 0. The number of nitrogens with zero attached hydrogens (tertiary/aromatic N) is 2. The van der Waals surface area contributed by atoms with E-state index in [9.17, 15) is 0 Å². The summed E-state index contributed by atoms with van der Waals surface area (Å²) in [5.41, 5.74) is 7.88. The van der Waals surface area contributed by atoms with E-state index >= 15 is 0 Å². The largest absolute Gasteiger partial charge is 0.383 e. The topological polar surface area (TPSA) is 43.8 Å². The van der Waals surface area contributed by atoms with Crippen LogP contribution >= 0.6 is 38.5 Å². The highest BCUT2D eigenvalue weighted by atomic mass is 127. The van der Waals surface area contributed by atoms with Gasteiger partial charge in [0.05, 0.1) is 15.0 Å². The highest BCUT2D eigenvalue weighted by molar-refractivity contribution is 14.1. The molecule has 2 rings (SSSR count). The monoisotopic (exact) mass is 377 g/mol. The first-order chi connectivity index (χ1) is 7.09. The van der Waals surface area contributed by atoms with Crippen LogP contribution in [0.3, 0.4) is 0 Å². The van der Waals surface area contributed by atoms with Crippen LogP contribution in [0.1, 0.15) is 5.69 Å². The second-order valence-electron chi connectivity index (χ2n) is 3.17. The fraction of sp³-hybridized carbons (Fsp3) is 0.100. The lowest BCUT2D eigenvalue weighted by Crippen LogP contribution is -2.01. The molecule has 0 saturated carbocycles. The van der Waals surface area contributed by atoms with E-state index in [1.807, 2.05) is 31.2 Å². The van der Waals surface area contributed by atoms with Crippen molar-refractivity contribution >= 4 is 44.3 Å². The summed E-state index contributed by atoms with van der Waals surface area (Å²) in [6, 6.07) is 7.89. The summed E-state index contributed by atoms with van der Waals surface area (Å²) in [5, 5.41) is 4.38. The van der Waals surface area contributed by atoms with Crippen molar-refractivity contribution in [2.75, 3.05) is 5.73 Å². The molecule has 78 valence electrons. The first kappa shape index (κ1) is 10.9. The third-order valence-corrected chi connectivity index (χ3v) is 3.95. The molecule has 1 aromatic heterocycles. The summed E-state index contributed by atoms with van der Waals surface area (Å²) in [6.45, 7) is 1.95. The number of nitrogen functional groups attached to an aromatic ring is 1. The van der Waals surface area contributed by atoms with E-state index in [1.54, 1.807) is 4.68 Å². The molecule has 0 aliphatic rings. The average molecular weight is 378 g/mol. The fourth-order valence-corrected chi connectivity index (χ4v) is 1.91. The molecule has 0 saturated heterocycles. The minimum Gasteiger partial charge on any atom is -0.383 e. The molecule has 0 radical (unpaired) electrons. The Balaban J connectivity index is 2.54.